The molecule has 4 unspecified atom stereocenters. The van der Waals surface area contributed by atoms with Gasteiger partial charge in [0.1, 0.15) is 24.3 Å². The number of aromatic nitrogens is 3. The van der Waals surface area contributed by atoms with Crippen LogP contribution in [0.4, 0.5) is 0 Å². The van der Waals surface area contributed by atoms with E-state index in [0.717, 1.165) is 4.57 Å². The monoisotopic (exact) mass is 303 g/mol. The molecule has 0 radical (unpaired) electrons. The van der Waals surface area contributed by atoms with E-state index in [1.165, 1.54) is 16.4 Å². The van der Waals surface area contributed by atoms with Crippen LogP contribution in [0.25, 0.3) is 0 Å². The zero-order valence-electron chi connectivity index (χ0n) is 8.82. The predicted octanol–water partition coefficient (Wildman–Crippen LogP) is -1.54. The molecule has 1 aliphatic carbocycles. The second-order valence-corrected chi connectivity index (χ2v) is 5.20. The van der Waals surface area contributed by atoms with E-state index in [9.17, 15) is 19.8 Å². The SMILES string of the molecule is Cn1c(=O)n2n(c1=O)C1C(Br)=CC2C(O)C1O. The van der Waals surface area contributed by atoms with Crippen molar-refractivity contribution in [1.29, 1.82) is 0 Å². The number of aliphatic hydroxyl groups excluding tert-OH is 2. The minimum absolute atomic E-state index is 0.493. The third kappa shape index (κ3) is 1.12. The average Bonchev–Trinajstić information content (AvgIpc) is 2.51. The zero-order chi connectivity index (χ0) is 12.5. The molecule has 8 heteroatoms. The first-order chi connectivity index (χ1) is 7.95. The van der Waals surface area contributed by atoms with E-state index in [4.69, 9.17) is 0 Å². The first kappa shape index (κ1) is 11.0. The van der Waals surface area contributed by atoms with E-state index in [0.29, 0.717) is 4.48 Å². The van der Waals surface area contributed by atoms with Crippen LogP contribution in [0.1, 0.15) is 12.1 Å². The maximum atomic E-state index is 11.9. The van der Waals surface area contributed by atoms with Crippen molar-refractivity contribution >= 4 is 15.9 Å². The van der Waals surface area contributed by atoms with Crippen LogP contribution in [-0.4, -0.2) is 36.4 Å². The van der Waals surface area contributed by atoms with Gasteiger partial charge in [-0.2, -0.15) is 0 Å². The van der Waals surface area contributed by atoms with Crippen LogP contribution >= 0.6 is 15.9 Å². The molecule has 1 aromatic heterocycles. The summed E-state index contributed by atoms with van der Waals surface area (Å²) < 4.78 is 3.95. The van der Waals surface area contributed by atoms with Gasteiger partial charge in [-0.3, -0.25) is 0 Å². The van der Waals surface area contributed by atoms with Crippen molar-refractivity contribution in [3.05, 3.63) is 31.5 Å². The highest BCUT2D eigenvalue weighted by atomic mass is 79.9. The number of hydrogen-bond acceptors (Lipinski definition) is 4. The van der Waals surface area contributed by atoms with E-state index in [1.54, 1.807) is 6.08 Å². The molecule has 2 aliphatic heterocycles. The Bertz CT molecular complexity index is 640. The minimum Gasteiger partial charge on any atom is -0.388 e. The summed E-state index contributed by atoms with van der Waals surface area (Å²) in [5, 5.41) is 19.8. The Labute approximate surface area is 103 Å². The number of rotatable bonds is 0. The van der Waals surface area contributed by atoms with E-state index in [1.807, 2.05) is 0 Å². The molecular weight excluding hydrogens is 294 g/mol. The van der Waals surface area contributed by atoms with Crippen LogP contribution in [0.5, 0.6) is 0 Å². The van der Waals surface area contributed by atoms with Crippen LogP contribution in [0.15, 0.2) is 20.1 Å². The molecule has 0 saturated heterocycles. The molecule has 4 rings (SSSR count). The Kier molecular flexibility index (Phi) is 2.08. The average molecular weight is 304 g/mol. The summed E-state index contributed by atoms with van der Waals surface area (Å²) in [6.45, 7) is 0. The van der Waals surface area contributed by atoms with Gasteiger partial charge in [-0.1, -0.05) is 15.9 Å². The molecule has 3 heterocycles. The van der Waals surface area contributed by atoms with Crippen molar-refractivity contribution in [1.82, 2.24) is 13.9 Å². The lowest BCUT2D eigenvalue weighted by Crippen LogP contribution is -2.55. The van der Waals surface area contributed by atoms with Crippen molar-refractivity contribution in [3.63, 3.8) is 0 Å². The molecule has 7 nitrogen and oxygen atoms in total. The smallest absolute Gasteiger partial charge is 0.347 e. The van der Waals surface area contributed by atoms with Crippen molar-refractivity contribution in [3.8, 4) is 0 Å². The van der Waals surface area contributed by atoms with E-state index in [-0.39, 0.29) is 0 Å². The summed E-state index contributed by atoms with van der Waals surface area (Å²) >= 11 is 3.26. The van der Waals surface area contributed by atoms with Crippen LogP contribution < -0.4 is 11.4 Å². The lowest BCUT2D eigenvalue weighted by molar-refractivity contribution is -0.0656. The van der Waals surface area contributed by atoms with Crippen LogP contribution in [-0.2, 0) is 7.05 Å². The van der Waals surface area contributed by atoms with Crippen molar-refractivity contribution < 1.29 is 10.2 Å². The number of halogens is 1. The summed E-state index contributed by atoms with van der Waals surface area (Å²) in [6.07, 6.45) is -0.539. The van der Waals surface area contributed by atoms with Crippen LogP contribution in [0.2, 0.25) is 0 Å². The topological polar surface area (TPSA) is 89.4 Å². The van der Waals surface area contributed by atoms with E-state index >= 15 is 0 Å². The van der Waals surface area contributed by atoms with Gasteiger partial charge in [0, 0.05) is 11.5 Å². The third-order valence-electron chi connectivity index (χ3n) is 3.38. The molecule has 3 aliphatic rings. The van der Waals surface area contributed by atoms with Gasteiger partial charge in [0.05, 0.1) is 0 Å². The fourth-order valence-corrected chi connectivity index (χ4v) is 3.22. The van der Waals surface area contributed by atoms with Gasteiger partial charge >= 0.3 is 11.4 Å². The third-order valence-corrected chi connectivity index (χ3v) is 4.11. The van der Waals surface area contributed by atoms with Crippen molar-refractivity contribution in [2.24, 2.45) is 7.05 Å². The second kappa shape index (κ2) is 3.21. The number of nitrogens with zero attached hydrogens (tertiary/aromatic N) is 3. The van der Waals surface area contributed by atoms with Gasteiger partial charge < -0.3 is 10.2 Å². The van der Waals surface area contributed by atoms with Crippen molar-refractivity contribution in [2.45, 2.75) is 24.3 Å². The standard InChI is InChI=1S/C9H10BrN3O4/c1-11-8(16)12-4-2-3(10)5(7(15)6(4)14)13(12)9(11)17/h2,4-7,14-15H,1H3. The second-order valence-electron chi connectivity index (χ2n) is 4.28. The maximum absolute atomic E-state index is 11.9. The number of hydrogen-bond donors (Lipinski definition) is 2. The molecule has 0 spiro atoms. The van der Waals surface area contributed by atoms with Crippen molar-refractivity contribution in [2.75, 3.05) is 0 Å². The summed E-state index contributed by atoms with van der Waals surface area (Å²) in [5.74, 6) is 0. The molecule has 2 N–H and O–H groups in total. The Morgan fingerprint density at radius 3 is 2.41 bits per heavy atom. The lowest BCUT2D eigenvalue weighted by atomic mass is 9.90. The molecule has 4 atom stereocenters. The Balaban J connectivity index is 2.41. The highest BCUT2D eigenvalue weighted by molar-refractivity contribution is 9.11. The summed E-state index contributed by atoms with van der Waals surface area (Å²) in [4.78, 5) is 23.7. The maximum Gasteiger partial charge on any atom is 0.347 e. The van der Waals surface area contributed by atoms with Gasteiger partial charge in [0.15, 0.2) is 0 Å². The fraction of sp³-hybridized carbons (Fsp3) is 0.556. The molecule has 0 amide bonds. The molecule has 1 aromatic rings. The summed E-state index contributed by atoms with van der Waals surface area (Å²) in [6, 6.07) is -1.46. The van der Waals surface area contributed by atoms with E-state index < -0.39 is 35.7 Å². The lowest BCUT2D eigenvalue weighted by Gasteiger charge is -2.42. The summed E-state index contributed by atoms with van der Waals surface area (Å²) in [7, 11) is 1.37. The van der Waals surface area contributed by atoms with Gasteiger partial charge in [0.25, 0.3) is 0 Å². The number of aliphatic hydroxyl groups is 2. The highest BCUT2D eigenvalue weighted by Crippen LogP contribution is 2.41. The zero-order valence-corrected chi connectivity index (χ0v) is 10.4. The first-order valence-electron chi connectivity index (χ1n) is 5.08. The van der Waals surface area contributed by atoms with E-state index in [2.05, 4.69) is 15.9 Å². The summed E-state index contributed by atoms with van der Waals surface area (Å²) in [5.41, 5.74) is -0.992. The quantitative estimate of drug-likeness (QED) is 0.608. The molecular formula is C9H10BrN3O4. The molecule has 0 fully saturated rings. The molecule has 0 saturated carbocycles. The van der Waals surface area contributed by atoms with Crippen LogP contribution in [0.3, 0.4) is 0 Å². The normalized spacial score (nSPS) is 34.7. The minimum atomic E-state index is -1.10. The largest absolute Gasteiger partial charge is 0.388 e. The van der Waals surface area contributed by atoms with Gasteiger partial charge in [-0.15, -0.1) is 0 Å². The Morgan fingerprint density at radius 1 is 1.18 bits per heavy atom. The predicted molar refractivity (Wildman–Crippen MR) is 61.0 cm³/mol. The van der Waals surface area contributed by atoms with Gasteiger partial charge in [-0.05, 0) is 6.08 Å². The molecule has 2 bridgehead atoms. The highest BCUT2D eigenvalue weighted by Gasteiger charge is 2.48. The van der Waals surface area contributed by atoms with Gasteiger partial charge in [-0.25, -0.2) is 23.5 Å². The van der Waals surface area contributed by atoms with Gasteiger partial charge in [0.2, 0.25) is 0 Å². The fourth-order valence-electron chi connectivity index (χ4n) is 2.49. The molecule has 17 heavy (non-hydrogen) atoms. The molecule has 92 valence electrons. The molecule has 0 aromatic carbocycles. The Morgan fingerprint density at radius 2 is 1.76 bits per heavy atom. The number of fused-ring (bicyclic) bond motifs is 1. The Hall–Kier alpha value is -1.12. The van der Waals surface area contributed by atoms with Crippen LogP contribution in [0, 0.1) is 0 Å². The first-order valence-corrected chi connectivity index (χ1v) is 5.88.